The summed E-state index contributed by atoms with van der Waals surface area (Å²) in [6.45, 7) is 4.14. The Hall–Kier alpha value is -3.73. The van der Waals surface area contributed by atoms with Crippen LogP contribution < -0.4 is 4.90 Å². The molecule has 0 fully saturated rings. The van der Waals surface area contributed by atoms with Crippen molar-refractivity contribution in [2.75, 3.05) is 4.90 Å². The van der Waals surface area contributed by atoms with Crippen LogP contribution in [0.5, 0.6) is 0 Å². The summed E-state index contributed by atoms with van der Waals surface area (Å²) >= 11 is 0. The zero-order valence-electron chi connectivity index (χ0n) is 17.6. The van der Waals surface area contributed by atoms with E-state index in [-0.39, 0.29) is 11.9 Å². The average molecular weight is 409 g/mol. The van der Waals surface area contributed by atoms with Gasteiger partial charge in [-0.05, 0) is 74.7 Å². The second kappa shape index (κ2) is 7.84. The van der Waals surface area contributed by atoms with Gasteiger partial charge in [0.1, 0.15) is 0 Å². The van der Waals surface area contributed by atoms with Crippen molar-refractivity contribution in [1.82, 2.24) is 10.2 Å². The molecule has 3 aromatic carbocycles. The number of aryl methyl sites for hydroxylation is 2. The van der Waals surface area contributed by atoms with Crippen molar-refractivity contribution in [2.45, 2.75) is 32.7 Å². The smallest absolute Gasteiger partial charge is 0.258 e. The van der Waals surface area contributed by atoms with Crippen molar-refractivity contribution < 1.29 is 9.21 Å². The van der Waals surface area contributed by atoms with Crippen LogP contribution in [0.3, 0.4) is 0 Å². The number of amides is 1. The minimum absolute atomic E-state index is 0.0112. The van der Waals surface area contributed by atoms with Crippen LogP contribution in [0.2, 0.25) is 0 Å². The number of hydrogen-bond acceptors (Lipinski definition) is 4. The van der Waals surface area contributed by atoms with Crippen molar-refractivity contribution in [3.05, 3.63) is 89.5 Å². The third-order valence-corrected chi connectivity index (χ3v) is 5.84. The highest BCUT2D eigenvalue weighted by molar-refractivity contribution is 6.07. The van der Waals surface area contributed by atoms with Crippen molar-refractivity contribution in [1.29, 1.82) is 0 Å². The molecule has 0 radical (unpaired) electrons. The molecule has 0 spiro atoms. The van der Waals surface area contributed by atoms with E-state index in [0.29, 0.717) is 17.3 Å². The minimum atomic E-state index is 0.0112. The third kappa shape index (κ3) is 3.63. The summed E-state index contributed by atoms with van der Waals surface area (Å²) < 4.78 is 5.86. The number of aromatic nitrogens is 2. The minimum Gasteiger partial charge on any atom is -0.416 e. The van der Waals surface area contributed by atoms with Crippen molar-refractivity contribution in [2.24, 2.45) is 0 Å². The second-order valence-electron chi connectivity index (χ2n) is 8.05. The van der Waals surface area contributed by atoms with Gasteiger partial charge < -0.3 is 9.32 Å². The number of carbonyl (C=O) groups excluding carboxylic acids is 1. The lowest BCUT2D eigenvalue weighted by Gasteiger charge is -2.35. The summed E-state index contributed by atoms with van der Waals surface area (Å²) in [6.07, 6.45) is 1.96. The number of para-hydroxylation sites is 1. The highest BCUT2D eigenvalue weighted by atomic mass is 16.4. The fraction of sp³-hybridized carbons (Fsp3) is 0.192. The van der Waals surface area contributed by atoms with Gasteiger partial charge in [-0.3, -0.25) is 4.79 Å². The van der Waals surface area contributed by atoms with Crippen LogP contribution in [0.1, 0.15) is 34.8 Å². The monoisotopic (exact) mass is 409 g/mol. The summed E-state index contributed by atoms with van der Waals surface area (Å²) in [4.78, 5) is 15.2. The zero-order valence-corrected chi connectivity index (χ0v) is 17.6. The van der Waals surface area contributed by atoms with Gasteiger partial charge in [0.25, 0.3) is 5.91 Å². The van der Waals surface area contributed by atoms with Crippen molar-refractivity contribution in [3.63, 3.8) is 0 Å². The first-order valence-electron chi connectivity index (χ1n) is 10.5. The largest absolute Gasteiger partial charge is 0.416 e. The van der Waals surface area contributed by atoms with Crippen LogP contribution in [-0.4, -0.2) is 22.1 Å². The van der Waals surface area contributed by atoms with E-state index in [9.17, 15) is 4.79 Å². The fourth-order valence-corrected chi connectivity index (χ4v) is 4.04. The topological polar surface area (TPSA) is 59.2 Å². The SMILES string of the molecule is Cc1ccc(-c2nnc(-c3ccc(C(=O)N4c5ccccc5CC[C@H]4C)cc3)o2)cc1. The van der Waals surface area contributed by atoms with Gasteiger partial charge in [0, 0.05) is 28.4 Å². The van der Waals surface area contributed by atoms with Gasteiger partial charge in [-0.25, -0.2) is 0 Å². The van der Waals surface area contributed by atoms with E-state index in [0.717, 1.165) is 29.7 Å². The number of anilines is 1. The van der Waals surface area contributed by atoms with Gasteiger partial charge in [-0.1, -0.05) is 35.9 Å². The van der Waals surface area contributed by atoms with E-state index in [1.54, 1.807) is 0 Å². The van der Waals surface area contributed by atoms with E-state index < -0.39 is 0 Å². The Labute approximate surface area is 181 Å². The molecule has 1 atom stereocenters. The van der Waals surface area contributed by atoms with Crippen molar-refractivity contribution in [3.8, 4) is 22.9 Å². The number of carbonyl (C=O) groups is 1. The van der Waals surface area contributed by atoms with Crippen LogP contribution >= 0.6 is 0 Å². The van der Waals surface area contributed by atoms with Gasteiger partial charge in [-0.15, -0.1) is 10.2 Å². The van der Waals surface area contributed by atoms with Gasteiger partial charge in [0.05, 0.1) is 0 Å². The quantitative estimate of drug-likeness (QED) is 0.436. The van der Waals surface area contributed by atoms with Gasteiger partial charge in [-0.2, -0.15) is 0 Å². The van der Waals surface area contributed by atoms with Crippen LogP contribution in [-0.2, 0) is 6.42 Å². The molecule has 0 aliphatic carbocycles. The third-order valence-electron chi connectivity index (χ3n) is 5.84. The van der Waals surface area contributed by atoms with Crippen molar-refractivity contribution >= 4 is 11.6 Å². The molecule has 5 nitrogen and oxygen atoms in total. The molecule has 0 unspecified atom stereocenters. The molecule has 0 saturated heterocycles. The molecule has 1 aromatic heterocycles. The molecule has 2 heterocycles. The molecule has 1 aliphatic heterocycles. The predicted molar refractivity (Wildman–Crippen MR) is 121 cm³/mol. The van der Waals surface area contributed by atoms with E-state index in [4.69, 9.17) is 4.42 Å². The Bertz CT molecular complexity index is 1230. The molecular weight excluding hydrogens is 386 g/mol. The fourth-order valence-electron chi connectivity index (χ4n) is 4.04. The highest BCUT2D eigenvalue weighted by Crippen LogP contribution is 2.32. The maximum atomic E-state index is 13.3. The lowest BCUT2D eigenvalue weighted by Crippen LogP contribution is -2.42. The summed E-state index contributed by atoms with van der Waals surface area (Å²) in [5.74, 6) is 0.928. The van der Waals surface area contributed by atoms with E-state index in [2.05, 4.69) is 23.2 Å². The maximum Gasteiger partial charge on any atom is 0.258 e. The number of fused-ring (bicyclic) bond motifs is 1. The van der Waals surface area contributed by atoms with E-state index >= 15 is 0 Å². The molecule has 5 rings (SSSR count). The van der Waals surface area contributed by atoms with E-state index in [1.165, 1.54) is 11.1 Å². The zero-order chi connectivity index (χ0) is 21.4. The lowest BCUT2D eigenvalue weighted by atomic mass is 9.95. The lowest BCUT2D eigenvalue weighted by molar-refractivity contribution is 0.0975. The van der Waals surface area contributed by atoms with Crippen LogP contribution in [0.25, 0.3) is 22.9 Å². The number of benzene rings is 3. The molecule has 1 amide bonds. The van der Waals surface area contributed by atoms with Crippen LogP contribution in [0.15, 0.2) is 77.2 Å². The Kier molecular flexibility index (Phi) is 4.86. The average Bonchev–Trinajstić information content (AvgIpc) is 3.29. The number of nitrogens with zero attached hydrogens (tertiary/aromatic N) is 3. The summed E-state index contributed by atoms with van der Waals surface area (Å²) in [6, 6.07) is 23.7. The Morgan fingerprint density at radius 3 is 2.19 bits per heavy atom. The van der Waals surface area contributed by atoms with Crippen LogP contribution in [0.4, 0.5) is 5.69 Å². The summed E-state index contributed by atoms with van der Waals surface area (Å²) in [7, 11) is 0. The molecule has 0 bridgehead atoms. The molecule has 5 heteroatoms. The van der Waals surface area contributed by atoms with Crippen LogP contribution in [0, 0.1) is 6.92 Å². The number of hydrogen-bond donors (Lipinski definition) is 0. The van der Waals surface area contributed by atoms with Gasteiger partial charge in [0.2, 0.25) is 11.8 Å². The Morgan fingerprint density at radius 1 is 0.903 bits per heavy atom. The summed E-state index contributed by atoms with van der Waals surface area (Å²) in [5, 5.41) is 8.35. The molecular formula is C26H23N3O2. The number of rotatable bonds is 3. The first-order chi connectivity index (χ1) is 15.1. The predicted octanol–water partition coefficient (Wildman–Crippen LogP) is 5.69. The molecule has 31 heavy (non-hydrogen) atoms. The summed E-state index contributed by atoms with van der Waals surface area (Å²) in [5.41, 5.74) is 5.72. The molecule has 154 valence electrons. The highest BCUT2D eigenvalue weighted by Gasteiger charge is 2.28. The second-order valence-corrected chi connectivity index (χ2v) is 8.05. The van der Waals surface area contributed by atoms with Gasteiger partial charge in [0.15, 0.2) is 0 Å². The molecule has 0 saturated carbocycles. The van der Waals surface area contributed by atoms with Gasteiger partial charge >= 0.3 is 0 Å². The standard InChI is InChI=1S/C26H23N3O2/c1-17-7-10-20(11-8-17)24-27-28-25(31-24)21-13-15-22(16-14-21)26(30)29-18(2)9-12-19-5-3-4-6-23(19)29/h3-8,10-11,13-16,18H,9,12H2,1-2H3/t18-/m1/s1. The Balaban J connectivity index is 1.40. The Morgan fingerprint density at radius 2 is 1.52 bits per heavy atom. The normalized spacial score (nSPS) is 15.5. The molecule has 1 aliphatic rings. The first kappa shape index (κ1) is 19.2. The molecule has 4 aromatic rings. The van der Waals surface area contributed by atoms with E-state index in [1.807, 2.05) is 78.6 Å². The molecule has 0 N–H and O–H groups in total. The first-order valence-corrected chi connectivity index (χ1v) is 10.5. The maximum absolute atomic E-state index is 13.3.